The zero-order chi connectivity index (χ0) is 4.50. The molecule has 0 amide bonds. The van der Waals surface area contributed by atoms with E-state index in [1.54, 1.807) is 0 Å². The molecule has 0 rings (SSSR count). The van der Waals surface area contributed by atoms with Crippen LogP contribution in [0, 0.1) is 0 Å². The Morgan fingerprint density at radius 1 is 1.00 bits per heavy atom. The Bertz CT molecular complexity index is 97.2. The van der Waals surface area contributed by atoms with Gasteiger partial charge < -0.3 is 0 Å². The Morgan fingerprint density at radius 2 is 1.00 bits per heavy atom. The van der Waals surface area contributed by atoms with Gasteiger partial charge in [-0.05, 0) is 0 Å². The third kappa shape index (κ3) is 81.7. The van der Waals surface area contributed by atoms with E-state index < -0.39 is 10.4 Å². The molecule has 0 spiro atoms. The molecule has 0 radical (unpaired) electrons. The first-order valence-corrected chi connectivity index (χ1v) is 2.10. The summed E-state index contributed by atoms with van der Waals surface area (Å²) in [4.78, 5) is 0. The van der Waals surface area contributed by atoms with Crippen LogP contribution in [0.4, 0.5) is 0 Å². The first-order valence-electron chi connectivity index (χ1n) is 0.698. The standard InChI is InChI=1S/BrH.2Na.H2O4S.2H/c;;;1-5(2,3)4;;/h1H;;;(H2,1,2,3,4);;. The predicted octanol–water partition coefficient (Wildman–Crippen LogP) is -1.37. The molecule has 0 atom stereocenters. The van der Waals surface area contributed by atoms with Crippen molar-refractivity contribution in [1.29, 1.82) is 0 Å². The van der Waals surface area contributed by atoms with Crippen LogP contribution >= 0.6 is 17.0 Å². The Morgan fingerprint density at radius 3 is 1.00 bits per heavy atom. The fourth-order valence-corrected chi connectivity index (χ4v) is 0. The molecular weight excluding hydrogens is 222 g/mol. The Labute approximate surface area is 102 Å². The second-order valence-electron chi connectivity index (χ2n) is 0.448. The molecule has 0 aromatic rings. The van der Waals surface area contributed by atoms with Gasteiger partial charge in [0.15, 0.2) is 0 Å². The van der Waals surface area contributed by atoms with Gasteiger partial charge in [0, 0.05) is 0 Å². The van der Waals surface area contributed by atoms with Crippen LogP contribution in [0.5, 0.6) is 0 Å². The minimum absolute atomic E-state index is 0. The van der Waals surface area contributed by atoms with Gasteiger partial charge in [-0.15, -0.1) is 17.0 Å². The summed E-state index contributed by atoms with van der Waals surface area (Å²) in [5.41, 5.74) is 0. The molecule has 0 saturated carbocycles. The van der Waals surface area contributed by atoms with Crippen LogP contribution in [0.3, 0.4) is 0 Å². The van der Waals surface area contributed by atoms with E-state index in [-0.39, 0.29) is 76.1 Å². The molecule has 0 aliphatic carbocycles. The average Bonchev–Trinajstić information content (AvgIpc) is 0.722. The molecule has 0 aromatic carbocycles. The van der Waals surface area contributed by atoms with Crippen molar-refractivity contribution in [3.8, 4) is 0 Å². The maximum absolute atomic E-state index is 8.74. The number of hydrogen-bond acceptors (Lipinski definition) is 2. The van der Waals surface area contributed by atoms with Crippen LogP contribution in [0.2, 0.25) is 0 Å². The van der Waals surface area contributed by atoms with Crippen molar-refractivity contribution < 1.29 is 17.5 Å². The molecule has 8 heteroatoms. The molecule has 2 N–H and O–H groups in total. The molecule has 44 valence electrons. The summed E-state index contributed by atoms with van der Waals surface area (Å²) in [5.74, 6) is 0. The topological polar surface area (TPSA) is 74.6 Å². The molecule has 8 heavy (non-hydrogen) atoms. The molecule has 0 unspecified atom stereocenters. The van der Waals surface area contributed by atoms with E-state index in [0.717, 1.165) is 0 Å². The van der Waals surface area contributed by atoms with Crippen LogP contribution in [-0.4, -0.2) is 76.6 Å². The molecule has 0 aromatic heterocycles. The van der Waals surface area contributed by atoms with Gasteiger partial charge in [-0.2, -0.15) is 8.42 Å². The van der Waals surface area contributed by atoms with E-state index in [2.05, 4.69) is 0 Å². The van der Waals surface area contributed by atoms with Crippen molar-refractivity contribution in [2.24, 2.45) is 0 Å². The molecule has 0 aliphatic rings. The van der Waals surface area contributed by atoms with Crippen LogP contribution in [-0.2, 0) is 10.4 Å². The molecule has 0 saturated heterocycles. The van der Waals surface area contributed by atoms with Gasteiger partial charge in [0.25, 0.3) is 0 Å². The summed E-state index contributed by atoms with van der Waals surface area (Å²) < 4.78 is 31.6. The van der Waals surface area contributed by atoms with Crippen molar-refractivity contribution in [3.05, 3.63) is 0 Å². The van der Waals surface area contributed by atoms with Gasteiger partial charge in [-0.1, -0.05) is 0 Å². The zero-order valence-corrected chi connectivity index (χ0v) is 5.06. The second kappa shape index (κ2) is 9.35. The summed E-state index contributed by atoms with van der Waals surface area (Å²) in [6.45, 7) is 0. The van der Waals surface area contributed by atoms with Crippen LogP contribution in [0.1, 0.15) is 0 Å². The summed E-state index contributed by atoms with van der Waals surface area (Å²) in [5, 5.41) is 0. The van der Waals surface area contributed by atoms with Crippen molar-refractivity contribution in [1.82, 2.24) is 0 Å². The maximum atomic E-state index is 8.74. The van der Waals surface area contributed by atoms with Crippen molar-refractivity contribution >= 4 is 86.5 Å². The van der Waals surface area contributed by atoms with Gasteiger partial charge in [-0.25, -0.2) is 0 Å². The van der Waals surface area contributed by atoms with E-state index >= 15 is 0 Å². The summed E-state index contributed by atoms with van der Waals surface area (Å²) in [6, 6.07) is 0. The normalized spacial score (nSPS) is 7.25. The van der Waals surface area contributed by atoms with E-state index in [4.69, 9.17) is 17.5 Å². The number of rotatable bonds is 0. The van der Waals surface area contributed by atoms with E-state index in [1.807, 2.05) is 0 Å². The zero-order valence-electron chi connectivity index (χ0n) is 2.53. The van der Waals surface area contributed by atoms with Gasteiger partial charge >= 0.3 is 69.5 Å². The van der Waals surface area contributed by atoms with Crippen molar-refractivity contribution in [2.45, 2.75) is 0 Å². The first kappa shape index (κ1) is 22.4. The van der Waals surface area contributed by atoms with Crippen LogP contribution < -0.4 is 0 Å². The SMILES string of the molecule is Br.O=S(=O)(O)O.[NaH].[NaH]. The van der Waals surface area contributed by atoms with Crippen molar-refractivity contribution in [2.75, 3.05) is 0 Å². The Hall–Kier alpha value is 2.35. The molecule has 0 aliphatic heterocycles. The minimum atomic E-state index is -4.67. The third-order valence-corrected chi connectivity index (χ3v) is 0. The van der Waals surface area contributed by atoms with E-state index in [9.17, 15) is 0 Å². The Balaban J connectivity index is -0.0000000267. The summed E-state index contributed by atoms with van der Waals surface area (Å²) >= 11 is 0. The quantitative estimate of drug-likeness (QED) is 0.395. The second-order valence-corrected chi connectivity index (χ2v) is 1.34. The van der Waals surface area contributed by atoms with Crippen molar-refractivity contribution in [3.63, 3.8) is 0 Å². The molecule has 0 fully saturated rings. The fraction of sp³-hybridized carbons (Fsp3) is 0. The molecule has 4 nitrogen and oxygen atoms in total. The summed E-state index contributed by atoms with van der Waals surface area (Å²) in [7, 11) is -4.67. The molecular formula is H5BrNa2O4S. The van der Waals surface area contributed by atoms with Gasteiger partial charge in [-0.3, -0.25) is 9.11 Å². The van der Waals surface area contributed by atoms with Gasteiger partial charge in [0.2, 0.25) is 0 Å². The first-order chi connectivity index (χ1) is 2.00. The predicted molar refractivity (Wildman–Crippen MR) is 38.8 cm³/mol. The molecule has 0 heterocycles. The van der Waals surface area contributed by atoms with Crippen LogP contribution in [0.15, 0.2) is 0 Å². The molecule has 0 bridgehead atoms. The van der Waals surface area contributed by atoms with Crippen LogP contribution in [0.25, 0.3) is 0 Å². The monoisotopic (exact) mass is 226 g/mol. The summed E-state index contributed by atoms with van der Waals surface area (Å²) in [6.07, 6.45) is 0. The number of hydrogen-bond donors (Lipinski definition) is 2. The van der Waals surface area contributed by atoms with E-state index in [0.29, 0.717) is 0 Å². The third-order valence-electron chi connectivity index (χ3n) is 0. The van der Waals surface area contributed by atoms with Gasteiger partial charge in [0.1, 0.15) is 0 Å². The number of halogens is 1. The fourth-order valence-electron chi connectivity index (χ4n) is 0. The average molecular weight is 227 g/mol. The van der Waals surface area contributed by atoms with E-state index in [1.165, 1.54) is 0 Å². The van der Waals surface area contributed by atoms with Gasteiger partial charge in [0.05, 0.1) is 0 Å². The Kier molecular flexibility index (Phi) is 26.2.